The molecule has 1 aromatic rings. The zero-order valence-corrected chi connectivity index (χ0v) is 8.85. The van der Waals surface area contributed by atoms with Gasteiger partial charge in [0, 0.05) is 9.26 Å². The first-order valence-electron chi connectivity index (χ1n) is 3.42. The van der Waals surface area contributed by atoms with E-state index >= 15 is 0 Å². The first kappa shape index (κ1) is 11.1. The molecule has 0 saturated heterocycles. The van der Waals surface area contributed by atoms with Crippen LogP contribution in [0.4, 0.5) is 18.9 Å². The maximum absolute atomic E-state index is 12.4. The second-order valence-corrected chi connectivity index (χ2v) is 3.69. The van der Waals surface area contributed by atoms with Crippen molar-refractivity contribution in [2.75, 3.05) is 5.73 Å². The van der Waals surface area contributed by atoms with E-state index in [0.29, 0.717) is 0 Å². The molecule has 0 aliphatic heterocycles. The van der Waals surface area contributed by atoms with Crippen molar-refractivity contribution < 1.29 is 13.2 Å². The summed E-state index contributed by atoms with van der Waals surface area (Å²) in [5, 5.41) is 8.49. The van der Waals surface area contributed by atoms with Gasteiger partial charge in [0.15, 0.2) is 0 Å². The van der Waals surface area contributed by atoms with Crippen molar-refractivity contribution in [3.05, 3.63) is 26.8 Å². The molecule has 0 radical (unpaired) electrons. The summed E-state index contributed by atoms with van der Waals surface area (Å²) in [7, 11) is 0. The molecule has 1 aromatic carbocycles. The van der Waals surface area contributed by atoms with Gasteiger partial charge in [-0.15, -0.1) is 0 Å². The molecule has 0 saturated carbocycles. The Kier molecular flexibility index (Phi) is 2.89. The number of nitriles is 1. The van der Waals surface area contributed by atoms with Crippen LogP contribution >= 0.6 is 22.6 Å². The Labute approximate surface area is 91.7 Å². The Morgan fingerprint density at radius 3 is 2.36 bits per heavy atom. The summed E-state index contributed by atoms with van der Waals surface area (Å²) in [5.41, 5.74) is 4.16. The lowest BCUT2D eigenvalue weighted by molar-refractivity contribution is -0.137. The largest absolute Gasteiger partial charge is 0.417 e. The molecule has 0 heterocycles. The monoisotopic (exact) mass is 312 g/mol. The SMILES string of the molecule is N#Cc1cc(N)c(I)cc1C(F)(F)F. The molecule has 0 atom stereocenters. The molecule has 0 aromatic heterocycles. The molecule has 14 heavy (non-hydrogen) atoms. The Hall–Kier alpha value is -0.970. The molecule has 0 fully saturated rings. The highest BCUT2D eigenvalue weighted by Gasteiger charge is 2.34. The van der Waals surface area contributed by atoms with E-state index in [-0.39, 0.29) is 9.26 Å². The Bertz CT molecular complexity index is 406. The van der Waals surface area contributed by atoms with Crippen LogP contribution < -0.4 is 5.73 Å². The molecule has 2 nitrogen and oxygen atoms in total. The summed E-state index contributed by atoms with van der Waals surface area (Å²) >= 11 is 1.69. The van der Waals surface area contributed by atoms with E-state index in [0.717, 1.165) is 12.1 Å². The van der Waals surface area contributed by atoms with E-state index in [1.165, 1.54) is 6.07 Å². The molecule has 0 unspecified atom stereocenters. The van der Waals surface area contributed by atoms with E-state index in [1.54, 1.807) is 22.6 Å². The van der Waals surface area contributed by atoms with Gasteiger partial charge in [-0.05, 0) is 34.7 Å². The summed E-state index contributed by atoms with van der Waals surface area (Å²) in [6.45, 7) is 0. The second-order valence-electron chi connectivity index (χ2n) is 2.53. The van der Waals surface area contributed by atoms with E-state index in [4.69, 9.17) is 11.0 Å². The van der Waals surface area contributed by atoms with Crippen molar-refractivity contribution in [1.82, 2.24) is 0 Å². The van der Waals surface area contributed by atoms with Crippen molar-refractivity contribution in [2.45, 2.75) is 6.18 Å². The number of hydrogen-bond donors (Lipinski definition) is 1. The molecule has 0 bridgehead atoms. The van der Waals surface area contributed by atoms with Gasteiger partial charge < -0.3 is 5.73 Å². The third-order valence-corrected chi connectivity index (χ3v) is 2.50. The normalized spacial score (nSPS) is 11.1. The second kappa shape index (κ2) is 3.65. The fourth-order valence-corrected chi connectivity index (χ4v) is 1.38. The molecule has 6 heteroatoms. The van der Waals surface area contributed by atoms with Gasteiger partial charge in [-0.1, -0.05) is 0 Å². The van der Waals surface area contributed by atoms with Crippen LogP contribution in [0.1, 0.15) is 11.1 Å². The zero-order chi connectivity index (χ0) is 10.9. The van der Waals surface area contributed by atoms with Gasteiger partial charge >= 0.3 is 6.18 Å². The third kappa shape index (κ3) is 2.09. The lowest BCUT2D eigenvalue weighted by Gasteiger charge is -2.10. The number of hydrogen-bond acceptors (Lipinski definition) is 2. The molecule has 1 rings (SSSR count). The highest BCUT2D eigenvalue weighted by Crippen LogP contribution is 2.34. The number of halogens is 4. The van der Waals surface area contributed by atoms with Crippen LogP contribution in [-0.2, 0) is 6.18 Å². The minimum atomic E-state index is -4.52. The summed E-state index contributed by atoms with van der Waals surface area (Å²) in [4.78, 5) is 0. The minimum Gasteiger partial charge on any atom is -0.398 e. The average Bonchev–Trinajstić information content (AvgIpc) is 2.07. The minimum absolute atomic E-state index is 0.176. The summed E-state index contributed by atoms with van der Waals surface area (Å²) in [6.07, 6.45) is -4.52. The number of nitrogens with zero attached hydrogens (tertiary/aromatic N) is 1. The topological polar surface area (TPSA) is 49.8 Å². The number of alkyl halides is 3. The van der Waals surface area contributed by atoms with Crippen molar-refractivity contribution in [2.24, 2.45) is 0 Å². The van der Waals surface area contributed by atoms with Gasteiger partial charge in [-0.2, -0.15) is 18.4 Å². The Morgan fingerprint density at radius 2 is 1.93 bits per heavy atom. The van der Waals surface area contributed by atoms with Gasteiger partial charge in [0.1, 0.15) is 0 Å². The summed E-state index contributed by atoms with van der Waals surface area (Å²) in [5.74, 6) is 0. The van der Waals surface area contributed by atoms with Crippen LogP contribution in [0.3, 0.4) is 0 Å². The standard InChI is InChI=1S/C8H4F3IN2/c9-8(10,11)5-2-6(12)7(14)1-4(5)3-13/h1-2H,14H2. The van der Waals surface area contributed by atoms with Gasteiger partial charge in [0.05, 0.1) is 17.2 Å². The number of benzene rings is 1. The number of rotatable bonds is 0. The Balaban J connectivity index is 3.45. The maximum atomic E-state index is 12.4. The van der Waals surface area contributed by atoms with E-state index < -0.39 is 17.3 Å². The van der Waals surface area contributed by atoms with Crippen LogP contribution in [-0.4, -0.2) is 0 Å². The lowest BCUT2D eigenvalue weighted by atomic mass is 10.1. The molecule has 0 spiro atoms. The summed E-state index contributed by atoms with van der Waals surface area (Å²) in [6, 6.07) is 3.37. The van der Waals surface area contributed by atoms with Gasteiger partial charge in [0.2, 0.25) is 0 Å². The van der Waals surface area contributed by atoms with Crippen LogP contribution in [0.25, 0.3) is 0 Å². The smallest absolute Gasteiger partial charge is 0.398 e. The molecule has 0 aliphatic carbocycles. The van der Waals surface area contributed by atoms with Crippen molar-refractivity contribution >= 4 is 28.3 Å². The van der Waals surface area contributed by atoms with Crippen molar-refractivity contribution in [3.63, 3.8) is 0 Å². The molecular weight excluding hydrogens is 308 g/mol. The quantitative estimate of drug-likeness (QED) is 0.591. The molecule has 74 valence electrons. The fraction of sp³-hybridized carbons (Fsp3) is 0.125. The first-order valence-corrected chi connectivity index (χ1v) is 4.50. The van der Waals surface area contributed by atoms with Crippen LogP contribution in [0, 0.1) is 14.9 Å². The predicted molar refractivity (Wildman–Crippen MR) is 53.3 cm³/mol. The van der Waals surface area contributed by atoms with E-state index in [1.807, 2.05) is 0 Å². The molecule has 0 aliphatic rings. The number of nitrogen functional groups attached to an aromatic ring is 1. The maximum Gasteiger partial charge on any atom is 0.417 e. The van der Waals surface area contributed by atoms with Gasteiger partial charge in [-0.3, -0.25) is 0 Å². The summed E-state index contributed by atoms with van der Waals surface area (Å²) < 4.78 is 37.3. The highest BCUT2D eigenvalue weighted by molar-refractivity contribution is 14.1. The van der Waals surface area contributed by atoms with Crippen molar-refractivity contribution in [3.8, 4) is 6.07 Å². The van der Waals surface area contributed by atoms with Crippen LogP contribution in [0.5, 0.6) is 0 Å². The first-order chi connectivity index (χ1) is 6.36. The molecule has 0 amide bonds. The molecule has 2 N–H and O–H groups in total. The van der Waals surface area contributed by atoms with Gasteiger partial charge in [0.25, 0.3) is 0 Å². The van der Waals surface area contributed by atoms with E-state index in [2.05, 4.69) is 0 Å². The fourth-order valence-electron chi connectivity index (χ4n) is 0.917. The highest BCUT2D eigenvalue weighted by atomic mass is 127. The zero-order valence-electron chi connectivity index (χ0n) is 6.69. The van der Waals surface area contributed by atoms with Gasteiger partial charge in [-0.25, -0.2) is 0 Å². The molecular formula is C8H4F3IN2. The Morgan fingerprint density at radius 1 is 1.36 bits per heavy atom. The lowest BCUT2D eigenvalue weighted by Crippen LogP contribution is -2.09. The number of nitrogens with two attached hydrogens (primary N) is 1. The van der Waals surface area contributed by atoms with Crippen LogP contribution in [0.2, 0.25) is 0 Å². The van der Waals surface area contributed by atoms with Crippen LogP contribution in [0.15, 0.2) is 12.1 Å². The van der Waals surface area contributed by atoms with Crippen molar-refractivity contribution in [1.29, 1.82) is 5.26 Å². The average molecular weight is 312 g/mol. The van der Waals surface area contributed by atoms with E-state index in [9.17, 15) is 13.2 Å². The number of anilines is 1. The predicted octanol–water partition coefficient (Wildman–Crippen LogP) is 2.76. The third-order valence-electron chi connectivity index (χ3n) is 1.56.